The van der Waals surface area contributed by atoms with Crippen molar-refractivity contribution >= 4 is 29.3 Å². The second kappa shape index (κ2) is 19.3. The minimum absolute atomic E-state index is 0.425. The van der Waals surface area contributed by atoms with Crippen molar-refractivity contribution in [2.75, 3.05) is 52.7 Å². The quantitative estimate of drug-likeness (QED) is 0.125. The van der Waals surface area contributed by atoms with Crippen LogP contribution in [0.15, 0.2) is 9.98 Å². The molecule has 1 atom stereocenters. The van der Waals surface area contributed by atoms with Crippen LogP contribution in [-0.4, -0.2) is 93.3 Å². The molecule has 0 amide bonds. The predicted molar refractivity (Wildman–Crippen MR) is 151 cm³/mol. The fraction of sp³-hybridized carbons (Fsp3) is 0.913. The fourth-order valence-electron chi connectivity index (χ4n) is 4.17. The number of rotatable bonds is 23. The van der Waals surface area contributed by atoms with Crippen LogP contribution in [0.25, 0.3) is 0 Å². The topological polar surface area (TPSA) is 147 Å². The first-order valence-electron chi connectivity index (χ1n) is 13.8. The molecule has 0 saturated heterocycles. The van der Waals surface area contributed by atoms with E-state index in [-0.39, 0.29) is 0 Å². The van der Waals surface area contributed by atoms with Gasteiger partial charge in [-0.25, -0.2) is 15.8 Å². The van der Waals surface area contributed by atoms with Gasteiger partial charge in [-0.1, -0.05) is 0 Å². The maximum atomic E-state index is 6.43. The molecule has 1 aliphatic heterocycles. The number of nitrogens with two attached hydrogens (primary N) is 2. The second-order valence-corrected chi connectivity index (χ2v) is 13.7. The Bertz CT molecular complexity index is 642. The van der Waals surface area contributed by atoms with E-state index >= 15 is 0 Å². The van der Waals surface area contributed by atoms with Gasteiger partial charge in [0.05, 0.1) is 0 Å². The molecular formula is C23H52N6O6Si2. The highest BCUT2D eigenvalue weighted by atomic mass is 28.4. The summed E-state index contributed by atoms with van der Waals surface area (Å²) in [4.78, 5) is 9.56. The molecule has 0 aliphatic carbocycles. The molecule has 0 fully saturated rings. The van der Waals surface area contributed by atoms with E-state index < -0.39 is 23.9 Å². The molecule has 1 heterocycles. The zero-order chi connectivity index (χ0) is 27.6. The summed E-state index contributed by atoms with van der Waals surface area (Å²) in [6.45, 7) is 16.2. The zero-order valence-corrected chi connectivity index (χ0v) is 25.9. The van der Waals surface area contributed by atoms with Crippen LogP contribution >= 0.6 is 0 Å². The molecule has 1 rings (SSSR count). The average Bonchev–Trinajstić information content (AvgIpc) is 2.86. The predicted octanol–water partition coefficient (Wildman–Crippen LogP) is 2.46. The number of hydrazine groups is 1. The molecule has 37 heavy (non-hydrogen) atoms. The lowest BCUT2D eigenvalue weighted by Crippen LogP contribution is -2.55. The molecule has 1 aliphatic rings. The van der Waals surface area contributed by atoms with Gasteiger partial charge in [-0.15, -0.1) is 0 Å². The van der Waals surface area contributed by atoms with Gasteiger partial charge in [0.2, 0.25) is 0 Å². The van der Waals surface area contributed by atoms with E-state index in [9.17, 15) is 0 Å². The van der Waals surface area contributed by atoms with Crippen molar-refractivity contribution in [2.24, 2.45) is 21.6 Å². The van der Waals surface area contributed by atoms with Gasteiger partial charge in [-0.2, -0.15) is 0 Å². The molecule has 0 spiro atoms. The van der Waals surface area contributed by atoms with Gasteiger partial charge in [0, 0.05) is 77.7 Å². The molecule has 1 unspecified atom stereocenters. The van der Waals surface area contributed by atoms with Crippen molar-refractivity contribution in [3.05, 3.63) is 0 Å². The summed E-state index contributed by atoms with van der Waals surface area (Å²) < 4.78 is 36.0. The van der Waals surface area contributed by atoms with Crippen LogP contribution in [0, 0.1) is 0 Å². The monoisotopic (exact) mass is 564 g/mol. The highest BCUT2D eigenvalue weighted by Gasteiger charge is 2.41. The Kier molecular flexibility index (Phi) is 17.9. The van der Waals surface area contributed by atoms with Crippen LogP contribution in [0.1, 0.15) is 67.2 Å². The van der Waals surface area contributed by atoms with Crippen LogP contribution in [0.3, 0.4) is 0 Å². The summed E-state index contributed by atoms with van der Waals surface area (Å²) in [6.07, 6.45) is 2.44. The third-order valence-corrected chi connectivity index (χ3v) is 11.8. The lowest BCUT2D eigenvalue weighted by atomic mass is 10.2. The maximum Gasteiger partial charge on any atom is 0.500 e. The lowest BCUT2D eigenvalue weighted by molar-refractivity contribution is 0.0701. The van der Waals surface area contributed by atoms with Crippen LogP contribution in [-0.2, 0) is 26.6 Å². The van der Waals surface area contributed by atoms with Crippen LogP contribution in [0.5, 0.6) is 0 Å². The van der Waals surface area contributed by atoms with Crippen molar-refractivity contribution in [1.29, 1.82) is 0 Å². The second-order valence-electron chi connectivity index (χ2n) is 8.27. The van der Waals surface area contributed by atoms with E-state index in [0.29, 0.717) is 77.7 Å². The molecule has 0 bridgehead atoms. The van der Waals surface area contributed by atoms with E-state index in [1.54, 1.807) is 5.01 Å². The molecule has 0 saturated carbocycles. The van der Waals surface area contributed by atoms with Crippen LogP contribution < -0.4 is 16.9 Å². The molecule has 0 aromatic heterocycles. The Morgan fingerprint density at radius 2 is 1.19 bits per heavy atom. The number of amidine groups is 2. The Morgan fingerprint density at radius 3 is 1.59 bits per heavy atom. The van der Waals surface area contributed by atoms with E-state index in [1.807, 2.05) is 41.5 Å². The van der Waals surface area contributed by atoms with Crippen molar-refractivity contribution in [3.8, 4) is 0 Å². The van der Waals surface area contributed by atoms with Gasteiger partial charge >= 0.3 is 17.6 Å². The summed E-state index contributed by atoms with van der Waals surface area (Å²) in [5.74, 6) is 7.92. The molecule has 5 N–H and O–H groups in total. The number of nitrogens with one attached hydrogen (secondary N) is 1. The van der Waals surface area contributed by atoms with Gasteiger partial charge in [0.25, 0.3) is 0 Å². The summed E-state index contributed by atoms with van der Waals surface area (Å²) in [7, 11) is -5.46. The van der Waals surface area contributed by atoms with Gasteiger partial charge in [0.1, 0.15) is 11.7 Å². The van der Waals surface area contributed by atoms with Gasteiger partial charge in [-0.3, -0.25) is 10.3 Å². The minimum atomic E-state index is -2.74. The fourth-order valence-corrected chi connectivity index (χ4v) is 9.40. The highest BCUT2D eigenvalue weighted by Crippen LogP contribution is 2.23. The number of hydrogen-bond donors (Lipinski definition) is 3. The first-order chi connectivity index (χ1) is 17.9. The number of nitrogens with zero attached hydrogens (tertiary/aromatic N) is 3. The molecule has 0 aromatic rings. The number of hydrogen-bond acceptors (Lipinski definition) is 12. The molecular weight excluding hydrogens is 512 g/mol. The van der Waals surface area contributed by atoms with E-state index in [1.165, 1.54) is 0 Å². The third kappa shape index (κ3) is 11.9. The Labute approximate surface area is 226 Å². The molecule has 12 nitrogen and oxygen atoms in total. The zero-order valence-electron chi connectivity index (χ0n) is 23.9. The molecule has 0 aromatic carbocycles. The normalized spacial score (nSPS) is 16.8. The summed E-state index contributed by atoms with van der Waals surface area (Å²) in [5, 5.41) is 4.88. The maximum absolute atomic E-state index is 6.43. The average molecular weight is 565 g/mol. The lowest BCUT2D eigenvalue weighted by Gasteiger charge is -2.33. The Balaban J connectivity index is 2.95. The molecule has 218 valence electrons. The standard InChI is InChI=1S/C23H52N6O6Si2/c1-7-30-36(31-8-2,32-9-3)19-13-15-21-27-22(29(25)23(28-21)26-18-17-24)16-14-20-37(33-10-4,34-11-5)35-12-6/h23,26H,7-20,24-25H2,1-6H3. The highest BCUT2D eigenvalue weighted by molar-refractivity contribution is 6.61. The number of aliphatic imine (C=N–C) groups is 2. The van der Waals surface area contributed by atoms with Crippen LogP contribution in [0.4, 0.5) is 0 Å². The largest absolute Gasteiger partial charge is 0.500 e. The van der Waals surface area contributed by atoms with Crippen molar-refractivity contribution in [1.82, 2.24) is 10.3 Å². The van der Waals surface area contributed by atoms with Gasteiger partial charge < -0.3 is 32.3 Å². The first-order valence-corrected chi connectivity index (χ1v) is 17.7. The third-order valence-electron chi connectivity index (χ3n) is 5.51. The summed E-state index contributed by atoms with van der Waals surface area (Å²) >= 11 is 0. The molecule has 0 radical (unpaired) electrons. The van der Waals surface area contributed by atoms with Gasteiger partial charge in [-0.05, 0) is 54.4 Å². The van der Waals surface area contributed by atoms with E-state index in [0.717, 1.165) is 24.5 Å². The molecule has 14 heteroatoms. The van der Waals surface area contributed by atoms with E-state index in [2.05, 4.69) is 5.32 Å². The van der Waals surface area contributed by atoms with Crippen molar-refractivity contribution in [2.45, 2.75) is 85.6 Å². The van der Waals surface area contributed by atoms with Crippen molar-refractivity contribution < 1.29 is 26.6 Å². The van der Waals surface area contributed by atoms with Crippen molar-refractivity contribution in [3.63, 3.8) is 0 Å². The SMILES string of the molecule is CCO[Si](CCCC1=NC(NCCN)N(N)C(CCC[Si](OCC)(OCC)OCC)=N1)(OCC)OCC. The Morgan fingerprint density at radius 1 is 0.757 bits per heavy atom. The van der Waals surface area contributed by atoms with Gasteiger partial charge in [0.15, 0.2) is 6.29 Å². The first kappa shape index (κ1) is 34.2. The smallest absolute Gasteiger partial charge is 0.374 e. The van der Waals surface area contributed by atoms with Crippen LogP contribution in [0.2, 0.25) is 12.1 Å². The minimum Gasteiger partial charge on any atom is -0.374 e. The van der Waals surface area contributed by atoms with E-state index in [4.69, 9.17) is 48.1 Å². The summed E-state index contributed by atoms with van der Waals surface area (Å²) in [6, 6.07) is 1.39. The Hall–Kier alpha value is -0.786. The summed E-state index contributed by atoms with van der Waals surface area (Å²) in [5.41, 5.74) is 5.71.